The molecule has 6 heteroatoms. The van der Waals surface area contributed by atoms with Gasteiger partial charge in [0.15, 0.2) is 0 Å². The summed E-state index contributed by atoms with van der Waals surface area (Å²) in [5.74, 6) is -0.531. The fraction of sp³-hybridized carbons (Fsp3) is 0.0833. The minimum absolute atomic E-state index is 0.115. The van der Waals surface area contributed by atoms with Crippen LogP contribution in [0.3, 0.4) is 0 Å². The Hall–Kier alpha value is -2.14. The molecule has 18 heavy (non-hydrogen) atoms. The molecule has 0 bridgehead atoms. The van der Waals surface area contributed by atoms with Crippen LogP contribution in [0.15, 0.2) is 36.8 Å². The van der Waals surface area contributed by atoms with Gasteiger partial charge in [0.1, 0.15) is 5.75 Å². The van der Waals surface area contributed by atoms with Gasteiger partial charge in [0, 0.05) is 17.4 Å². The van der Waals surface area contributed by atoms with Crippen molar-refractivity contribution in [3.05, 3.63) is 53.1 Å². The quantitative estimate of drug-likeness (QED) is 0.885. The van der Waals surface area contributed by atoms with Crippen molar-refractivity contribution in [2.75, 3.05) is 0 Å². The molecule has 0 fully saturated rings. The smallest absolute Gasteiger partial charge is 0.255 e. The fourth-order valence-electron chi connectivity index (χ4n) is 1.38. The van der Waals surface area contributed by atoms with Crippen LogP contribution in [0.4, 0.5) is 0 Å². The number of aromatic nitrogens is 2. The van der Waals surface area contributed by atoms with E-state index >= 15 is 0 Å². The average Bonchev–Trinajstić information content (AvgIpc) is 2.40. The van der Waals surface area contributed by atoms with E-state index < -0.39 is 5.91 Å². The van der Waals surface area contributed by atoms with E-state index in [2.05, 4.69) is 15.3 Å². The highest BCUT2D eigenvalue weighted by Gasteiger charge is 2.11. The van der Waals surface area contributed by atoms with Gasteiger partial charge in [0.05, 0.1) is 24.0 Å². The maximum atomic E-state index is 11.8. The van der Waals surface area contributed by atoms with Crippen LogP contribution in [0, 0.1) is 0 Å². The molecular formula is C12H10ClN3O2. The molecule has 1 heterocycles. The van der Waals surface area contributed by atoms with Gasteiger partial charge in [0.25, 0.3) is 5.91 Å². The minimum Gasteiger partial charge on any atom is -0.507 e. The Labute approximate surface area is 108 Å². The van der Waals surface area contributed by atoms with Crippen LogP contribution in [0.25, 0.3) is 0 Å². The van der Waals surface area contributed by atoms with Gasteiger partial charge in [-0.05, 0) is 18.2 Å². The zero-order valence-electron chi connectivity index (χ0n) is 9.30. The lowest BCUT2D eigenvalue weighted by Crippen LogP contribution is -2.23. The van der Waals surface area contributed by atoms with E-state index in [9.17, 15) is 9.90 Å². The number of phenols is 1. The van der Waals surface area contributed by atoms with Gasteiger partial charge >= 0.3 is 0 Å². The number of benzene rings is 1. The fourth-order valence-corrected chi connectivity index (χ4v) is 1.55. The molecule has 0 aliphatic rings. The third-order valence-corrected chi connectivity index (χ3v) is 2.49. The van der Waals surface area contributed by atoms with E-state index in [0.717, 1.165) is 0 Å². The maximum Gasteiger partial charge on any atom is 0.255 e. The van der Waals surface area contributed by atoms with Crippen molar-refractivity contribution in [2.45, 2.75) is 6.54 Å². The second-order valence-electron chi connectivity index (χ2n) is 3.54. The van der Waals surface area contributed by atoms with E-state index in [1.165, 1.54) is 18.2 Å². The lowest BCUT2D eigenvalue weighted by atomic mass is 10.2. The molecule has 2 rings (SSSR count). The summed E-state index contributed by atoms with van der Waals surface area (Å²) in [5.41, 5.74) is 0.763. The molecule has 0 aliphatic carbocycles. The SMILES string of the molecule is O=C(NCc1cnccn1)c1cc(Cl)ccc1O. The summed E-state index contributed by atoms with van der Waals surface area (Å²) in [5, 5.41) is 12.6. The van der Waals surface area contributed by atoms with Crippen molar-refractivity contribution in [3.63, 3.8) is 0 Å². The third-order valence-electron chi connectivity index (χ3n) is 2.25. The van der Waals surface area contributed by atoms with Crippen molar-refractivity contribution in [1.29, 1.82) is 0 Å². The Balaban J connectivity index is 2.06. The highest BCUT2D eigenvalue weighted by molar-refractivity contribution is 6.31. The Morgan fingerprint density at radius 3 is 2.94 bits per heavy atom. The first-order chi connectivity index (χ1) is 8.66. The normalized spacial score (nSPS) is 10.1. The van der Waals surface area contributed by atoms with E-state index in [-0.39, 0.29) is 17.9 Å². The van der Waals surface area contributed by atoms with Crippen LogP contribution in [-0.2, 0) is 6.54 Å². The van der Waals surface area contributed by atoms with Crippen LogP contribution in [0.5, 0.6) is 5.75 Å². The number of phenolic OH excluding ortho intramolecular Hbond substituents is 1. The number of nitrogens with one attached hydrogen (secondary N) is 1. The number of carbonyl (C=O) groups is 1. The highest BCUT2D eigenvalue weighted by atomic mass is 35.5. The van der Waals surface area contributed by atoms with Gasteiger partial charge in [-0.3, -0.25) is 14.8 Å². The van der Waals surface area contributed by atoms with Gasteiger partial charge in [-0.1, -0.05) is 11.6 Å². The molecule has 0 atom stereocenters. The summed E-state index contributed by atoms with van der Waals surface area (Å²) >= 11 is 5.76. The number of nitrogens with zero attached hydrogens (tertiary/aromatic N) is 2. The zero-order valence-corrected chi connectivity index (χ0v) is 10.1. The lowest BCUT2D eigenvalue weighted by molar-refractivity contribution is 0.0947. The lowest BCUT2D eigenvalue weighted by Gasteiger charge is -2.06. The molecule has 1 aromatic heterocycles. The Bertz CT molecular complexity index is 561. The van der Waals surface area contributed by atoms with Gasteiger partial charge in [-0.15, -0.1) is 0 Å². The van der Waals surface area contributed by atoms with Crippen molar-refractivity contribution >= 4 is 17.5 Å². The zero-order chi connectivity index (χ0) is 13.0. The van der Waals surface area contributed by atoms with Crippen LogP contribution in [0.2, 0.25) is 5.02 Å². The summed E-state index contributed by atoms with van der Waals surface area (Å²) in [6.45, 7) is 0.235. The number of hydrogen-bond acceptors (Lipinski definition) is 4. The van der Waals surface area contributed by atoms with Crippen molar-refractivity contribution < 1.29 is 9.90 Å². The van der Waals surface area contributed by atoms with Gasteiger partial charge in [-0.2, -0.15) is 0 Å². The maximum absolute atomic E-state index is 11.8. The summed E-state index contributed by atoms with van der Waals surface area (Å²) in [7, 11) is 0. The minimum atomic E-state index is -0.416. The second kappa shape index (κ2) is 5.46. The van der Waals surface area contributed by atoms with Gasteiger partial charge in [0.2, 0.25) is 0 Å². The number of rotatable bonds is 3. The summed E-state index contributed by atoms with van der Waals surface area (Å²) in [6.07, 6.45) is 4.64. The standard InChI is InChI=1S/C12H10ClN3O2/c13-8-1-2-11(17)10(5-8)12(18)16-7-9-6-14-3-4-15-9/h1-6,17H,7H2,(H,16,18). The van der Waals surface area contributed by atoms with Crippen LogP contribution >= 0.6 is 11.6 Å². The molecule has 5 nitrogen and oxygen atoms in total. The van der Waals surface area contributed by atoms with E-state index in [0.29, 0.717) is 10.7 Å². The summed E-state index contributed by atoms with van der Waals surface area (Å²) in [4.78, 5) is 19.7. The molecule has 0 spiro atoms. The predicted molar refractivity (Wildman–Crippen MR) is 66.3 cm³/mol. The number of carbonyl (C=O) groups excluding carboxylic acids is 1. The van der Waals surface area contributed by atoms with Crippen LogP contribution in [0.1, 0.15) is 16.1 Å². The van der Waals surface area contributed by atoms with Crippen molar-refractivity contribution in [2.24, 2.45) is 0 Å². The van der Waals surface area contributed by atoms with E-state index in [1.807, 2.05) is 0 Å². The number of hydrogen-bond donors (Lipinski definition) is 2. The largest absolute Gasteiger partial charge is 0.507 e. The third kappa shape index (κ3) is 2.95. The number of halogens is 1. The summed E-state index contributed by atoms with van der Waals surface area (Å²) < 4.78 is 0. The number of aromatic hydroxyl groups is 1. The molecule has 0 unspecified atom stereocenters. The Kier molecular flexibility index (Phi) is 3.74. The van der Waals surface area contributed by atoms with Crippen molar-refractivity contribution in [1.82, 2.24) is 15.3 Å². The average molecular weight is 264 g/mol. The van der Waals surface area contributed by atoms with E-state index in [4.69, 9.17) is 11.6 Å². The monoisotopic (exact) mass is 263 g/mol. The van der Waals surface area contributed by atoms with Crippen molar-refractivity contribution in [3.8, 4) is 5.75 Å². The first kappa shape index (κ1) is 12.3. The molecule has 0 aliphatic heterocycles. The molecule has 92 valence electrons. The van der Waals surface area contributed by atoms with Crippen LogP contribution in [-0.4, -0.2) is 21.0 Å². The Morgan fingerprint density at radius 1 is 1.39 bits per heavy atom. The molecule has 0 radical (unpaired) electrons. The van der Waals surface area contributed by atoms with Gasteiger partial charge < -0.3 is 10.4 Å². The summed E-state index contributed by atoms with van der Waals surface area (Å²) in [6, 6.07) is 4.29. The van der Waals surface area contributed by atoms with E-state index in [1.54, 1.807) is 18.6 Å². The Morgan fingerprint density at radius 2 is 2.22 bits per heavy atom. The molecule has 1 amide bonds. The van der Waals surface area contributed by atoms with Gasteiger partial charge in [-0.25, -0.2) is 0 Å². The topological polar surface area (TPSA) is 75.1 Å². The van der Waals surface area contributed by atoms with Crippen LogP contribution < -0.4 is 5.32 Å². The first-order valence-corrected chi connectivity index (χ1v) is 5.56. The molecular weight excluding hydrogens is 254 g/mol. The predicted octanol–water partition coefficient (Wildman–Crippen LogP) is 1.77. The second-order valence-corrected chi connectivity index (χ2v) is 3.98. The molecule has 2 N–H and O–H groups in total. The molecule has 0 saturated heterocycles. The molecule has 1 aromatic carbocycles. The number of amides is 1. The highest BCUT2D eigenvalue weighted by Crippen LogP contribution is 2.21. The first-order valence-electron chi connectivity index (χ1n) is 5.18. The molecule has 0 saturated carbocycles. The molecule has 2 aromatic rings.